The van der Waals surface area contributed by atoms with Crippen LogP contribution in [0.3, 0.4) is 0 Å². The van der Waals surface area contributed by atoms with E-state index in [1.165, 1.54) is 0 Å². The lowest BCUT2D eigenvalue weighted by Gasteiger charge is -2.20. The molecule has 2 aromatic rings. The summed E-state index contributed by atoms with van der Waals surface area (Å²) in [5.41, 5.74) is 2.24. The maximum absolute atomic E-state index is 12.9. The third kappa shape index (κ3) is 4.74. The third-order valence-electron chi connectivity index (χ3n) is 4.58. The van der Waals surface area contributed by atoms with Crippen molar-refractivity contribution in [2.75, 3.05) is 20.6 Å². The predicted molar refractivity (Wildman–Crippen MR) is 106 cm³/mol. The molecular weight excluding hydrogens is 344 g/mol. The van der Waals surface area contributed by atoms with Crippen LogP contribution in [0.25, 0.3) is 0 Å². The quantitative estimate of drug-likeness (QED) is 0.805. The van der Waals surface area contributed by atoms with Gasteiger partial charge in [0.25, 0.3) is 17.0 Å². The van der Waals surface area contributed by atoms with Crippen molar-refractivity contribution in [2.24, 2.45) is 0 Å². The monoisotopic (exact) mass is 372 g/mol. The molecule has 2 heterocycles. The zero-order valence-electron chi connectivity index (χ0n) is 16.8. The van der Waals surface area contributed by atoms with Crippen molar-refractivity contribution >= 4 is 5.91 Å². The third-order valence-corrected chi connectivity index (χ3v) is 4.58. The van der Waals surface area contributed by atoms with Crippen LogP contribution in [-0.2, 0) is 6.54 Å². The van der Waals surface area contributed by atoms with E-state index in [1.54, 1.807) is 30.7 Å². The van der Waals surface area contributed by atoms with Crippen LogP contribution in [0.15, 0.2) is 27.9 Å². The molecule has 2 rings (SSSR count). The van der Waals surface area contributed by atoms with Gasteiger partial charge in [0, 0.05) is 36.6 Å². The Kier molecular flexibility index (Phi) is 6.38. The number of rotatable bonds is 6. The van der Waals surface area contributed by atoms with Gasteiger partial charge < -0.3 is 19.8 Å². The molecule has 7 nitrogen and oxygen atoms in total. The normalized spacial score (nSPS) is 12.3. The van der Waals surface area contributed by atoms with Crippen LogP contribution >= 0.6 is 0 Å². The summed E-state index contributed by atoms with van der Waals surface area (Å²) >= 11 is 0. The van der Waals surface area contributed by atoms with Crippen molar-refractivity contribution in [3.63, 3.8) is 0 Å². The number of likely N-dealkylation sites (N-methyl/N-ethyl adjacent to an activating group) is 1. The molecule has 2 N–H and O–H groups in total. The van der Waals surface area contributed by atoms with Crippen molar-refractivity contribution in [1.82, 2.24) is 19.8 Å². The van der Waals surface area contributed by atoms with E-state index in [0.29, 0.717) is 17.7 Å². The van der Waals surface area contributed by atoms with Crippen LogP contribution in [0.5, 0.6) is 0 Å². The number of hydrogen-bond acceptors (Lipinski definition) is 4. The lowest BCUT2D eigenvalue weighted by Crippen LogP contribution is -2.37. The summed E-state index contributed by atoms with van der Waals surface area (Å²) in [7, 11) is 3.87. The van der Waals surface area contributed by atoms with E-state index in [1.807, 2.05) is 38.9 Å². The Morgan fingerprint density at radius 3 is 2.48 bits per heavy atom. The first kappa shape index (κ1) is 20.6. The predicted octanol–water partition coefficient (Wildman–Crippen LogP) is 1.51. The van der Waals surface area contributed by atoms with Gasteiger partial charge >= 0.3 is 0 Å². The number of aromatic amines is 1. The highest BCUT2D eigenvalue weighted by molar-refractivity contribution is 5.95. The molecule has 0 aromatic carbocycles. The van der Waals surface area contributed by atoms with Gasteiger partial charge in [0.05, 0.1) is 0 Å². The number of aromatic nitrogens is 2. The van der Waals surface area contributed by atoms with Crippen molar-refractivity contribution < 1.29 is 4.79 Å². The van der Waals surface area contributed by atoms with E-state index in [-0.39, 0.29) is 29.3 Å². The minimum absolute atomic E-state index is 0.0677. The molecule has 0 saturated heterocycles. The maximum atomic E-state index is 12.9. The molecule has 0 fully saturated rings. The van der Waals surface area contributed by atoms with Gasteiger partial charge in [-0.15, -0.1) is 0 Å². The van der Waals surface area contributed by atoms with E-state index in [4.69, 9.17) is 0 Å². The van der Waals surface area contributed by atoms with Crippen molar-refractivity contribution in [2.45, 2.75) is 40.3 Å². The second kappa shape index (κ2) is 8.35. The molecule has 7 heteroatoms. The second-order valence-corrected chi connectivity index (χ2v) is 7.32. The molecule has 146 valence electrons. The second-order valence-electron chi connectivity index (χ2n) is 7.32. The Bertz CT molecular complexity index is 957. The molecular formula is C20H28N4O3. The molecule has 27 heavy (non-hydrogen) atoms. The fourth-order valence-electron chi connectivity index (χ4n) is 3.24. The van der Waals surface area contributed by atoms with Crippen LogP contribution in [0.4, 0.5) is 0 Å². The van der Waals surface area contributed by atoms with Gasteiger partial charge in [-0.05, 0) is 65.0 Å². The maximum Gasteiger partial charge on any atom is 0.263 e. The van der Waals surface area contributed by atoms with E-state index in [2.05, 4.69) is 10.3 Å². The van der Waals surface area contributed by atoms with Crippen molar-refractivity contribution in [3.8, 4) is 0 Å². The van der Waals surface area contributed by atoms with Gasteiger partial charge in [-0.3, -0.25) is 14.4 Å². The minimum Gasteiger partial charge on any atom is -0.348 e. The Balaban J connectivity index is 2.29. The zero-order valence-corrected chi connectivity index (χ0v) is 16.8. The van der Waals surface area contributed by atoms with E-state index >= 15 is 0 Å². The molecule has 0 saturated carbocycles. The number of hydrogen-bond donors (Lipinski definition) is 2. The van der Waals surface area contributed by atoms with Gasteiger partial charge in [-0.2, -0.15) is 0 Å². The highest BCUT2D eigenvalue weighted by atomic mass is 16.2. The number of carbonyl (C=O) groups excluding carboxylic acids is 1. The Morgan fingerprint density at radius 2 is 1.89 bits per heavy atom. The standard InChI is InChI=1S/C20H28N4O3/c1-12-7-8-24(15(4)11-23(5)6)20(27)17(12)19(26)21-10-16-13(2)9-14(3)22-18(16)25/h7-9,15H,10-11H2,1-6H3,(H,21,26)(H,22,25). The van der Waals surface area contributed by atoms with E-state index in [0.717, 1.165) is 11.3 Å². The lowest BCUT2D eigenvalue weighted by molar-refractivity contribution is 0.0947. The average Bonchev–Trinajstić information content (AvgIpc) is 2.53. The Morgan fingerprint density at radius 1 is 1.22 bits per heavy atom. The molecule has 1 unspecified atom stereocenters. The van der Waals surface area contributed by atoms with Crippen LogP contribution < -0.4 is 16.4 Å². The van der Waals surface area contributed by atoms with Gasteiger partial charge in [-0.25, -0.2) is 0 Å². The molecule has 0 radical (unpaired) electrons. The number of aryl methyl sites for hydroxylation is 3. The smallest absolute Gasteiger partial charge is 0.263 e. The summed E-state index contributed by atoms with van der Waals surface area (Å²) in [4.78, 5) is 42.4. The Labute approximate surface area is 159 Å². The molecule has 0 aliphatic heterocycles. The molecule has 1 amide bonds. The van der Waals surface area contributed by atoms with E-state index in [9.17, 15) is 14.4 Å². The Hall–Kier alpha value is -2.67. The van der Waals surface area contributed by atoms with Gasteiger partial charge in [-0.1, -0.05) is 0 Å². The summed E-state index contributed by atoms with van der Waals surface area (Å²) in [6, 6.07) is 3.56. The fraction of sp³-hybridized carbons (Fsp3) is 0.450. The summed E-state index contributed by atoms with van der Waals surface area (Å²) in [5.74, 6) is -0.469. The molecule has 0 aliphatic carbocycles. The van der Waals surface area contributed by atoms with Crippen LogP contribution in [0, 0.1) is 20.8 Å². The first-order valence-electron chi connectivity index (χ1n) is 8.96. The fourth-order valence-corrected chi connectivity index (χ4v) is 3.24. The first-order valence-corrected chi connectivity index (χ1v) is 8.96. The number of amides is 1. The van der Waals surface area contributed by atoms with Gasteiger partial charge in [0.15, 0.2) is 0 Å². The summed E-state index contributed by atoms with van der Waals surface area (Å²) in [5, 5.41) is 2.72. The zero-order chi connectivity index (χ0) is 20.3. The lowest BCUT2D eigenvalue weighted by atomic mass is 10.1. The molecule has 0 bridgehead atoms. The van der Waals surface area contributed by atoms with Crippen molar-refractivity contribution in [1.29, 1.82) is 0 Å². The summed E-state index contributed by atoms with van der Waals surface area (Å²) in [6.45, 7) is 8.06. The number of nitrogens with zero attached hydrogens (tertiary/aromatic N) is 2. The SMILES string of the molecule is Cc1cc(C)c(CNC(=O)c2c(C)ccn(C(C)CN(C)C)c2=O)c(=O)[nH]1. The number of H-pyrrole nitrogens is 1. The minimum atomic E-state index is -0.469. The molecule has 2 aromatic heterocycles. The van der Waals surface area contributed by atoms with Crippen LogP contribution in [0.2, 0.25) is 0 Å². The van der Waals surface area contributed by atoms with Gasteiger partial charge in [0.2, 0.25) is 0 Å². The van der Waals surface area contributed by atoms with Gasteiger partial charge in [0.1, 0.15) is 5.56 Å². The number of nitrogens with one attached hydrogen (secondary N) is 2. The molecule has 1 atom stereocenters. The largest absolute Gasteiger partial charge is 0.348 e. The summed E-state index contributed by atoms with van der Waals surface area (Å²) in [6.07, 6.45) is 1.72. The first-order chi connectivity index (χ1) is 12.6. The topological polar surface area (TPSA) is 87.2 Å². The van der Waals surface area contributed by atoms with Crippen LogP contribution in [0.1, 0.15) is 45.7 Å². The van der Waals surface area contributed by atoms with Crippen LogP contribution in [-0.4, -0.2) is 41.0 Å². The van der Waals surface area contributed by atoms with E-state index < -0.39 is 5.91 Å². The molecule has 0 spiro atoms. The number of carbonyl (C=O) groups is 1. The van der Waals surface area contributed by atoms with Crippen molar-refractivity contribution in [3.05, 3.63) is 67.0 Å². The highest BCUT2D eigenvalue weighted by Crippen LogP contribution is 2.09. The average molecular weight is 372 g/mol. The molecule has 0 aliphatic rings. The summed E-state index contributed by atoms with van der Waals surface area (Å²) < 4.78 is 1.58. The number of pyridine rings is 2. The highest BCUT2D eigenvalue weighted by Gasteiger charge is 2.19.